The molecule has 1 aromatic carbocycles. The first-order valence-electron chi connectivity index (χ1n) is 10.1. The van der Waals surface area contributed by atoms with Crippen LogP contribution in [-0.4, -0.2) is 52.7 Å². The zero-order chi connectivity index (χ0) is 19.2. The quantitative estimate of drug-likeness (QED) is 0.675. The zero-order valence-electron chi connectivity index (χ0n) is 16.7. The molecule has 5 nitrogen and oxygen atoms in total. The Kier molecular flexibility index (Phi) is 7.19. The summed E-state index contributed by atoms with van der Waals surface area (Å²) in [5, 5.41) is 3.23. The Morgan fingerprint density at radius 3 is 2.81 bits per heavy atom. The van der Waals surface area contributed by atoms with Gasteiger partial charge in [-0.05, 0) is 50.3 Å². The lowest BCUT2D eigenvalue weighted by Crippen LogP contribution is -2.40. The summed E-state index contributed by atoms with van der Waals surface area (Å²) in [6.45, 7) is 11.0. The maximum atomic E-state index is 12.1. The van der Waals surface area contributed by atoms with Gasteiger partial charge in [-0.15, -0.1) is 11.8 Å². The van der Waals surface area contributed by atoms with Gasteiger partial charge in [0.1, 0.15) is 5.82 Å². The molecule has 2 aromatic rings. The molecule has 3 unspecified atom stereocenters. The molecule has 0 saturated carbocycles. The van der Waals surface area contributed by atoms with Crippen molar-refractivity contribution in [3.05, 3.63) is 30.1 Å². The lowest BCUT2D eigenvalue weighted by Gasteiger charge is -2.34. The molecule has 0 aliphatic carbocycles. The fourth-order valence-corrected chi connectivity index (χ4v) is 4.77. The number of nitrogens with one attached hydrogen (secondary N) is 2. The van der Waals surface area contributed by atoms with E-state index in [1.807, 2.05) is 24.3 Å². The Morgan fingerprint density at radius 2 is 2.07 bits per heavy atom. The minimum absolute atomic E-state index is 0.114. The Labute approximate surface area is 166 Å². The number of fused-ring (bicyclic) bond motifs is 1. The third-order valence-electron chi connectivity index (χ3n) is 5.17. The summed E-state index contributed by atoms with van der Waals surface area (Å²) in [5.74, 6) is 3.10. The van der Waals surface area contributed by atoms with Crippen LogP contribution in [0, 0.1) is 11.8 Å². The van der Waals surface area contributed by atoms with Crippen molar-refractivity contribution in [2.75, 3.05) is 31.9 Å². The number of carbonyl (C=O) groups is 1. The molecule has 3 atom stereocenters. The summed E-state index contributed by atoms with van der Waals surface area (Å²) in [5.41, 5.74) is 2.02. The van der Waals surface area contributed by atoms with Crippen LogP contribution in [0.4, 0.5) is 0 Å². The highest BCUT2D eigenvalue weighted by molar-refractivity contribution is 8.00. The van der Waals surface area contributed by atoms with Crippen LogP contribution in [0.25, 0.3) is 11.0 Å². The number of piperidine rings is 1. The summed E-state index contributed by atoms with van der Waals surface area (Å²) < 4.78 is 0. The highest BCUT2D eigenvalue weighted by Gasteiger charge is 2.21. The molecule has 27 heavy (non-hydrogen) atoms. The minimum Gasteiger partial charge on any atom is -0.355 e. The molecule has 3 rings (SSSR count). The standard InChI is InChI=1S/C21H32N4OS/c1-15-11-16(2)13-25(12-15)10-6-9-22-20(26)14-27-17(3)21-23-18-7-4-5-8-19(18)24-21/h4-5,7-8,15-17H,6,9-14H2,1-3H3,(H,22,26)(H,23,24). The molecule has 2 N–H and O–H groups in total. The number of thioether (sulfide) groups is 1. The van der Waals surface area contributed by atoms with Gasteiger partial charge in [0, 0.05) is 19.6 Å². The fourth-order valence-electron chi connectivity index (χ4n) is 4.00. The van der Waals surface area contributed by atoms with E-state index in [0.717, 1.165) is 48.2 Å². The van der Waals surface area contributed by atoms with Crippen molar-refractivity contribution >= 4 is 28.7 Å². The van der Waals surface area contributed by atoms with Gasteiger partial charge in [-0.1, -0.05) is 26.0 Å². The molecule has 1 fully saturated rings. The maximum Gasteiger partial charge on any atom is 0.230 e. The molecule has 0 spiro atoms. The normalized spacial score (nSPS) is 22.0. The number of nitrogens with zero attached hydrogens (tertiary/aromatic N) is 2. The molecule has 6 heteroatoms. The van der Waals surface area contributed by atoms with Crippen LogP contribution in [0.5, 0.6) is 0 Å². The van der Waals surface area contributed by atoms with Crippen LogP contribution < -0.4 is 5.32 Å². The zero-order valence-corrected chi connectivity index (χ0v) is 17.5. The van der Waals surface area contributed by atoms with E-state index in [-0.39, 0.29) is 11.2 Å². The monoisotopic (exact) mass is 388 g/mol. The molecule has 2 heterocycles. The molecular formula is C21H32N4OS. The van der Waals surface area contributed by atoms with Crippen LogP contribution in [0.1, 0.15) is 44.7 Å². The van der Waals surface area contributed by atoms with Gasteiger partial charge in [0.15, 0.2) is 0 Å². The van der Waals surface area contributed by atoms with E-state index in [9.17, 15) is 4.79 Å². The number of aromatic nitrogens is 2. The van der Waals surface area contributed by atoms with Gasteiger partial charge < -0.3 is 15.2 Å². The topological polar surface area (TPSA) is 61.0 Å². The maximum absolute atomic E-state index is 12.1. The molecule has 1 aliphatic heterocycles. The van der Waals surface area contributed by atoms with Crippen molar-refractivity contribution in [2.45, 2.75) is 38.9 Å². The van der Waals surface area contributed by atoms with Gasteiger partial charge in [0.25, 0.3) is 0 Å². The van der Waals surface area contributed by atoms with Crippen LogP contribution in [0.15, 0.2) is 24.3 Å². The summed E-state index contributed by atoms with van der Waals surface area (Å²) in [7, 11) is 0. The number of likely N-dealkylation sites (tertiary alicyclic amines) is 1. The summed E-state index contributed by atoms with van der Waals surface area (Å²) in [4.78, 5) is 22.6. The second-order valence-electron chi connectivity index (χ2n) is 8.00. The van der Waals surface area contributed by atoms with E-state index < -0.39 is 0 Å². The molecule has 0 bridgehead atoms. The number of aromatic amines is 1. The van der Waals surface area contributed by atoms with E-state index in [0.29, 0.717) is 5.75 Å². The van der Waals surface area contributed by atoms with Crippen molar-refractivity contribution in [3.63, 3.8) is 0 Å². The van der Waals surface area contributed by atoms with Crippen molar-refractivity contribution in [1.82, 2.24) is 20.2 Å². The van der Waals surface area contributed by atoms with E-state index in [4.69, 9.17) is 0 Å². The number of para-hydroxylation sites is 2. The van der Waals surface area contributed by atoms with Crippen LogP contribution in [0.3, 0.4) is 0 Å². The number of hydrogen-bond acceptors (Lipinski definition) is 4. The number of imidazole rings is 1. The van der Waals surface area contributed by atoms with Gasteiger partial charge in [-0.25, -0.2) is 4.98 Å². The van der Waals surface area contributed by atoms with Crippen molar-refractivity contribution in [1.29, 1.82) is 0 Å². The van der Waals surface area contributed by atoms with E-state index in [1.165, 1.54) is 19.5 Å². The molecular weight excluding hydrogens is 356 g/mol. The molecule has 1 amide bonds. The smallest absolute Gasteiger partial charge is 0.230 e. The second-order valence-corrected chi connectivity index (χ2v) is 9.33. The first-order valence-corrected chi connectivity index (χ1v) is 11.1. The average molecular weight is 389 g/mol. The SMILES string of the molecule is CC1CC(C)CN(CCCNC(=O)CSC(C)c2nc3ccccc3[nH]2)C1. The Bertz CT molecular complexity index is 704. The molecule has 148 valence electrons. The molecule has 1 aliphatic rings. The average Bonchev–Trinajstić information content (AvgIpc) is 3.07. The van der Waals surface area contributed by atoms with E-state index in [1.54, 1.807) is 11.8 Å². The van der Waals surface area contributed by atoms with Crippen LogP contribution in [0.2, 0.25) is 0 Å². The third kappa shape index (κ3) is 5.98. The summed E-state index contributed by atoms with van der Waals surface area (Å²) in [6, 6.07) is 8.02. The third-order valence-corrected chi connectivity index (χ3v) is 6.33. The van der Waals surface area contributed by atoms with Gasteiger partial charge >= 0.3 is 0 Å². The number of H-pyrrole nitrogens is 1. The molecule has 1 aromatic heterocycles. The van der Waals surface area contributed by atoms with Gasteiger partial charge in [0.2, 0.25) is 5.91 Å². The van der Waals surface area contributed by atoms with Gasteiger partial charge in [0.05, 0.1) is 22.0 Å². The number of hydrogen-bond donors (Lipinski definition) is 2. The Balaban J connectivity index is 1.33. The Hall–Kier alpha value is -1.53. The van der Waals surface area contributed by atoms with Crippen LogP contribution >= 0.6 is 11.8 Å². The van der Waals surface area contributed by atoms with Crippen LogP contribution in [-0.2, 0) is 4.79 Å². The molecule has 1 saturated heterocycles. The summed E-state index contributed by atoms with van der Waals surface area (Å²) in [6.07, 6.45) is 2.36. The highest BCUT2D eigenvalue weighted by Crippen LogP contribution is 2.27. The lowest BCUT2D eigenvalue weighted by atomic mass is 9.92. The lowest BCUT2D eigenvalue weighted by molar-refractivity contribution is -0.118. The number of amides is 1. The second kappa shape index (κ2) is 9.60. The van der Waals surface area contributed by atoms with E-state index >= 15 is 0 Å². The van der Waals surface area contributed by atoms with Crippen molar-refractivity contribution in [3.8, 4) is 0 Å². The van der Waals surface area contributed by atoms with Crippen molar-refractivity contribution in [2.24, 2.45) is 11.8 Å². The largest absolute Gasteiger partial charge is 0.355 e. The Morgan fingerprint density at radius 1 is 1.33 bits per heavy atom. The number of rotatable bonds is 8. The predicted octanol–water partition coefficient (Wildman–Crippen LogP) is 3.84. The van der Waals surface area contributed by atoms with E-state index in [2.05, 4.69) is 41.0 Å². The van der Waals surface area contributed by atoms with Gasteiger partial charge in [-0.3, -0.25) is 4.79 Å². The fraction of sp³-hybridized carbons (Fsp3) is 0.619. The first-order chi connectivity index (χ1) is 13.0. The predicted molar refractivity (Wildman–Crippen MR) is 114 cm³/mol. The first kappa shape index (κ1) is 20.2. The summed E-state index contributed by atoms with van der Waals surface area (Å²) >= 11 is 1.62. The number of carbonyl (C=O) groups excluding carboxylic acids is 1. The highest BCUT2D eigenvalue weighted by atomic mass is 32.2. The minimum atomic E-state index is 0.114. The number of benzene rings is 1. The van der Waals surface area contributed by atoms with Gasteiger partial charge in [-0.2, -0.15) is 0 Å². The van der Waals surface area contributed by atoms with Crippen molar-refractivity contribution < 1.29 is 4.79 Å². The molecule has 0 radical (unpaired) electrons.